The van der Waals surface area contributed by atoms with E-state index in [-0.39, 0.29) is 22.7 Å². The minimum atomic E-state index is -0.379. The van der Waals surface area contributed by atoms with Crippen molar-refractivity contribution >= 4 is 23.3 Å². The van der Waals surface area contributed by atoms with E-state index >= 15 is 0 Å². The van der Waals surface area contributed by atoms with E-state index in [0.29, 0.717) is 11.1 Å². The van der Waals surface area contributed by atoms with Gasteiger partial charge < -0.3 is 5.32 Å². The number of nitrogens with zero attached hydrogens (tertiary/aromatic N) is 2. The maximum atomic E-state index is 12.9. The fourth-order valence-corrected chi connectivity index (χ4v) is 1.55. The first-order chi connectivity index (χ1) is 8.56. The average Bonchev–Trinajstić information content (AvgIpc) is 2.32. The van der Waals surface area contributed by atoms with Gasteiger partial charge in [0.15, 0.2) is 11.0 Å². The smallest absolute Gasteiger partial charge is 0.257 e. The third kappa shape index (κ3) is 2.81. The van der Waals surface area contributed by atoms with Gasteiger partial charge in [-0.3, -0.25) is 4.79 Å². The fraction of sp³-hybridized carbons (Fsp3) is 0.0833. The molecule has 0 bridgehead atoms. The van der Waals surface area contributed by atoms with Gasteiger partial charge >= 0.3 is 0 Å². The van der Waals surface area contributed by atoms with E-state index in [0.717, 1.165) is 0 Å². The van der Waals surface area contributed by atoms with E-state index in [1.165, 1.54) is 30.3 Å². The zero-order valence-corrected chi connectivity index (χ0v) is 10.2. The van der Waals surface area contributed by atoms with Crippen molar-refractivity contribution < 1.29 is 9.18 Å². The number of hydrogen-bond donors (Lipinski definition) is 1. The molecule has 4 nitrogen and oxygen atoms in total. The van der Waals surface area contributed by atoms with Crippen LogP contribution in [0.1, 0.15) is 15.9 Å². The van der Waals surface area contributed by atoms with Gasteiger partial charge in [0.25, 0.3) is 5.91 Å². The summed E-state index contributed by atoms with van der Waals surface area (Å²) in [6.45, 7) is 1.66. The van der Waals surface area contributed by atoms with E-state index in [4.69, 9.17) is 11.6 Å². The van der Waals surface area contributed by atoms with Crippen molar-refractivity contribution in [2.75, 3.05) is 5.32 Å². The van der Waals surface area contributed by atoms with Crippen molar-refractivity contribution in [3.63, 3.8) is 0 Å². The van der Waals surface area contributed by atoms with Crippen LogP contribution in [-0.4, -0.2) is 16.1 Å². The van der Waals surface area contributed by atoms with E-state index in [2.05, 4.69) is 15.5 Å². The zero-order chi connectivity index (χ0) is 13.1. The number of benzene rings is 1. The quantitative estimate of drug-likeness (QED) is 0.908. The minimum Gasteiger partial charge on any atom is -0.305 e. The van der Waals surface area contributed by atoms with Crippen LogP contribution in [0.4, 0.5) is 10.2 Å². The summed E-state index contributed by atoms with van der Waals surface area (Å²) in [4.78, 5) is 11.9. The molecule has 0 radical (unpaired) electrons. The molecule has 1 amide bonds. The van der Waals surface area contributed by atoms with Gasteiger partial charge in [0.05, 0.1) is 0 Å². The molecule has 0 spiro atoms. The van der Waals surface area contributed by atoms with Gasteiger partial charge in [-0.05, 0) is 42.8 Å². The molecule has 1 N–H and O–H groups in total. The Morgan fingerprint density at radius 1 is 1.28 bits per heavy atom. The number of aryl methyl sites for hydroxylation is 1. The highest BCUT2D eigenvalue weighted by atomic mass is 35.5. The molecule has 18 heavy (non-hydrogen) atoms. The molecular formula is C12H9ClFN3O. The molecule has 0 aliphatic carbocycles. The Labute approximate surface area is 108 Å². The van der Waals surface area contributed by atoms with Crippen molar-refractivity contribution in [2.45, 2.75) is 6.92 Å². The topological polar surface area (TPSA) is 54.9 Å². The van der Waals surface area contributed by atoms with Gasteiger partial charge in [0.1, 0.15) is 5.82 Å². The first kappa shape index (κ1) is 12.4. The van der Waals surface area contributed by atoms with Crippen LogP contribution in [0.5, 0.6) is 0 Å². The van der Waals surface area contributed by atoms with Crippen LogP contribution < -0.4 is 5.32 Å². The van der Waals surface area contributed by atoms with Gasteiger partial charge in [0, 0.05) is 5.56 Å². The normalized spacial score (nSPS) is 10.2. The van der Waals surface area contributed by atoms with Crippen molar-refractivity contribution in [3.05, 3.63) is 52.4 Å². The van der Waals surface area contributed by atoms with Crippen LogP contribution in [0.3, 0.4) is 0 Å². The van der Waals surface area contributed by atoms with Gasteiger partial charge in [-0.25, -0.2) is 4.39 Å². The lowest BCUT2D eigenvalue weighted by Crippen LogP contribution is -2.14. The predicted molar refractivity (Wildman–Crippen MR) is 66.1 cm³/mol. The molecular weight excluding hydrogens is 257 g/mol. The first-order valence-electron chi connectivity index (χ1n) is 5.13. The van der Waals surface area contributed by atoms with Gasteiger partial charge in [0.2, 0.25) is 0 Å². The van der Waals surface area contributed by atoms with Crippen molar-refractivity contribution in [3.8, 4) is 0 Å². The summed E-state index contributed by atoms with van der Waals surface area (Å²) >= 11 is 5.58. The van der Waals surface area contributed by atoms with E-state index in [1.807, 2.05) is 0 Å². The molecule has 2 rings (SSSR count). The average molecular weight is 266 g/mol. The van der Waals surface area contributed by atoms with Crippen molar-refractivity contribution in [1.29, 1.82) is 0 Å². The number of anilines is 1. The zero-order valence-electron chi connectivity index (χ0n) is 9.45. The Morgan fingerprint density at radius 2 is 2.06 bits per heavy atom. The second kappa shape index (κ2) is 5.10. The number of rotatable bonds is 2. The number of hydrogen-bond acceptors (Lipinski definition) is 3. The Kier molecular flexibility index (Phi) is 3.53. The number of aromatic nitrogens is 2. The monoisotopic (exact) mass is 265 g/mol. The lowest BCUT2D eigenvalue weighted by atomic mass is 10.1. The second-order valence-corrected chi connectivity index (χ2v) is 4.04. The van der Waals surface area contributed by atoms with Gasteiger partial charge in [-0.15, -0.1) is 10.2 Å². The van der Waals surface area contributed by atoms with Crippen LogP contribution in [0, 0.1) is 12.7 Å². The van der Waals surface area contributed by atoms with Crippen LogP contribution in [-0.2, 0) is 0 Å². The van der Waals surface area contributed by atoms with Crippen molar-refractivity contribution in [1.82, 2.24) is 10.2 Å². The number of halogens is 2. The van der Waals surface area contributed by atoms with E-state index < -0.39 is 0 Å². The highest BCUT2D eigenvalue weighted by Crippen LogP contribution is 2.13. The third-order valence-electron chi connectivity index (χ3n) is 2.31. The summed E-state index contributed by atoms with van der Waals surface area (Å²) in [6, 6.07) is 7.00. The molecule has 1 heterocycles. The van der Waals surface area contributed by atoms with Crippen LogP contribution >= 0.6 is 11.6 Å². The van der Waals surface area contributed by atoms with E-state index in [1.54, 1.807) is 6.92 Å². The Bertz CT molecular complexity index is 586. The molecule has 0 saturated carbocycles. The summed E-state index contributed by atoms with van der Waals surface area (Å²) < 4.78 is 12.9. The number of carbonyl (C=O) groups is 1. The SMILES string of the molecule is Cc1cc(F)ccc1C(=O)Nc1ccc(Cl)nn1. The molecule has 0 unspecified atom stereocenters. The molecule has 2 aromatic rings. The summed E-state index contributed by atoms with van der Waals surface area (Å²) in [5.74, 6) is -0.465. The summed E-state index contributed by atoms with van der Waals surface area (Å²) in [5, 5.41) is 10.1. The molecule has 0 fully saturated rings. The third-order valence-corrected chi connectivity index (χ3v) is 2.51. The largest absolute Gasteiger partial charge is 0.305 e. The number of amides is 1. The van der Waals surface area contributed by atoms with E-state index in [9.17, 15) is 9.18 Å². The Hall–Kier alpha value is -2.01. The molecule has 0 atom stereocenters. The highest BCUT2D eigenvalue weighted by molar-refractivity contribution is 6.29. The van der Waals surface area contributed by atoms with Crippen LogP contribution in [0.2, 0.25) is 5.15 Å². The van der Waals surface area contributed by atoms with Gasteiger partial charge in [-0.1, -0.05) is 11.6 Å². The lowest BCUT2D eigenvalue weighted by molar-refractivity contribution is 0.102. The first-order valence-corrected chi connectivity index (χ1v) is 5.51. The molecule has 0 aliphatic rings. The number of nitrogens with one attached hydrogen (secondary N) is 1. The van der Waals surface area contributed by atoms with Crippen LogP contribution in [0.25, 0.3) is 0 Å². The molecule has 6 heteroatoms. The van der Waals surface area contributed by atoms with Crippen LogP contribution in [0.15, 0.2) is 30.3 Å². The molecule has 92 valence electrons. The molecule has 0 saturated heterocycles. The standard InChI is InChI=1S/C12H9ClFN3O/c1-7-6-8(14)2-3-9(7)12(18)15-11-5-4-10(13)16-17-11/h2-6H,1H3,(H,15,17,18). The highest BCUT2D eigenvalue weighted by Gasteiger charge is 2.10. The molecule has 1 aromatic carbocycles. The minimum absolute atomic E-state index is 0.242. The lowest BCUT2D eigenvalue weighted by Gasteiger charge is -2.06. The molecule has 1 aromatic heterocycles. The van der Waals surface area contributed by atoms with Crippen molar-refractivity contribution in [2.24, 2.45) is 0 Å². The Morgan fingerprint density at radius 3 is 2.67 bits per heavy atom. The second-order valence-electron chi connectivity index (χ2n) is 3.65. The summed E-state index contributed by atoms with van der Waals surface area (Å²) in [7, 11) is 0. The predicted octanol–water partition coefficient (Wildman–Crippen LogP) is 2.83. The maximum Gasteiger partial charge on any atom is 0.257 e. The van der Waals surface area contributed by atoms with Gasteiger partial charge in [-0.2, -0.15) is 0 Å². The Balaban J connectivity index is 2.19. The maximum absolute atomic E-state index is 12.9. The molecule has 0 aliphatic heterocycles. The summed E-state index contributed by atoms with van der Waals surface area (Å²) in [6.07, 6.45) is 0. The summed E-state index contributed by atoms with van der Waals surface area (Å²) in [5.41, 5.74) is 0.933. The number of carbonyl (C=O) groups excluding carboxylic acids is 1. The fourth-order valence-electron chi connectivity index (χ4n) is 1.45.